The van der Waals surface area contributed by atoms with Gasteiger partial charge >= 0.3 is 0 Å². The summed E-state index contributed by atoms with van der Waals surface area (Å²) in [5, 5.41) is 2.71. The molecule has 1 rings (SSSR count). The van der Waals surface area contributed by atoms with Crippen molar-refractivity contribution >= 4 is 21.6 Å². The number of hydrogen-bond donors (Lipinski definition) is 2. The van der Waals surface area contributed by atoms with E-state index in [9.17, 15) is 13.2 Å². The monoisotopic (exact) mass is 327 g/mol. The van der Waals surface area contributed by atoms with Gasteiger partial charge in [0.05, 0.1) is 4.90 Å². The first-order valence-corrected chi connectivity index (χ1v) is 8.83. The third-order valence-electron chi connectivity index (χ3n) is 3.58. The Morgan fingerprint density at radius 3 is 2.41 bits per heavy atom. The van der Waals surface area contributed by atoms with Crippen LogP contribution in [0.1, 0.15) is 26.3 Å². The van der Waals surface area contributed by atoms with Crippen LogP contribution in [0.15, 0.2) is 23.1 Å². The summed E-state index contributed by atoms with van der Waals surface area (Å²) in [6.07, 6.45) is 0. The largest absolute Gasteiger partial charge is 0.330 e. The van der Waals surface area contributed by atoms with Crippen molar-refractivity contribution in [3.63, 3.8) is 0 Å². The first-order valence-electron chi connectivity index (χ1n) is 7.39. The van der Waals surface area contributed by atoms with Crippen LogP contribution in [0.25, 0.3) is 0 Å². The second-order valence-electron chi connectivity index (χ2n) is 5.20. The van der Waals surface area contributed by atoms with E-state index in [0.717, 1.165) is 0 Å². The molecule has 1 atom stereocenters. The summed E-state index contributed by atoms with van der Waals surface area (Å²) in [6.45, 7) is 8.10. The van der Waals surface area contributed by atoms with Crippen molar-refractivity contribution in [2.24, 2.45) is 11.7 Å². The number of nitrogens with zero attached hydrogens (tertiary/aromatic N) is 1. The van der Waals surface area contributed by atoms with Crippen LogP contribution >= 0.6 is 0 Å². The molecule has 0 aliphatic heterocycles. The number of anilines is 1. The number of carbonyl (C=O) groups excluding carboxylic acids is 1. The van der Waals surface area contributed by atoms with Crippen LogP contribution in [0.5, 0.6) is 0 Å². The lowest BCUT2D eigenvalue weighted by Crippen LogP contribution is -2.31. The number of amides is 1. The third kappa shape index (κ3) is 4.06. The summed E-state index contributed by atoms with van der Waals surface area (Å²) in [4.78, 5) is 12.1. The Balaban J connectivity index is 3.18. The molecular weight excluding hydrogens is 302 g/mol. The lowest BCUT2D eigenvalue weighted by molar-refractivity contribution is -0.119. The Bertz CT molecular complexity index is 625. The number of carbonyl (C=O) groups is 1. The zero-order chi connectivity index (χ0) is 16.9. The van der Waals surface area contributed by atoms with Gasteiger partial charge in [-0.1, -0.05) is 26.8 Å². The number of benzene rings is 1. The van der Waals surface area contributed by atoms with Gasteiger partial charge in [0.2, 0.25) is 15.9 Å². The van der Waals surface area contributed by atoms with E-state index in [0.29, 0.717) is 24.3 Å². The molecule has 0 aliphatic carbocycles. The van der Waals surface area contributed by atoms with Crippen molar-refractivity contribution in [3.8, 4) is 0 Å². The third-order valence-corrected chi connectivity index (χ3v) is 5.77. The van der Waals surface area contributed by atoms with Gasteiger partial charge in [-0.05, 0) is 24.6 Å². The smallest absolute Gasteiger partial charge is 0.243 e. The van der Waals surface area contributed by atoms with E-state index in [-0.39, 0.29) is 23.3 Å². The molecule has 1 aromatic carbocycles. The summed E-state index contributed by atoms with van der Waals surface area (Å²) in [7, 11) is -3.56. The minimum absolute atomic E-state index is 0.217. The van der Waals surface area contributed by atoms with Gasteiger partial charge in [-0.3, -0.25) is 4.79 Å². The maximum absolute atomic E-state index is 12.6. The average Bonchev–Trinajstić information content (AvgIpc) is 2.48. The Morgan fingerprint density at radius 1 is 1.32 bits per heavy atom. The number of aryl methyl sites for hydroxylation is 1. The summed E-state index contributed by atoms with van der Waals surface area (Å²) in [5.74, 6) is -0.554. The van der Waals surface area contributed by atoms with E-state index in [1.165, 1.54) is 10.4 Å². The van der Waals surface area contributed by atoms with Gasteiger partial charge in [-0.2, -0.15) is 4.31 Å². The Hall–Kier alpha value is -1.44. The fourth-order valence-electron chi connectivity index (χ4n) is 2.03. The van der Waals surface area contributed by atoms with Crippen molar-refractivity contribution in [2.75, 3.05) is 25.0 Å². The van der Waals surface area contributed by atoms with Crippen molar-refractivity contribution in [1.82, 2.24) is 4.31 Å². The Morgan fingerprint density at radius 2 is 1.91 bits per heavy atom. The van der Waals surface area contributed by atoms with Crippen molar-refractivity contribution < 1.29 is 13.2 Å². The quantitative estimate of drug-likeness (QED) is 0.795. The van der Waals surface area contributed by atoms with Gasteiger partial charge in [0.25, 0.3) is 0 Å². The molecule has 0 aromatic heterocycles. The molecule has 1 amide bonds. The molecular formula is C15H25N3O3S. The second-order valence-corrected chi connectivity index (χ2v) is 7.10. The molecule has 3 N–H and O–H groups in total. The summed E-state index contributed by atoms with van der Waals surface area (Å²) in [5.41, 5.74) is 6.57. The maximum atomic E-state index is 12.6. The van der Waals surface area contributed by atoms with Crippen LogP contribution in [0.3, 0.4) is 0 Å². The van der Waals surface area contributed by atoms with Gasteiger partial charge in [-0.25, -0.2) is 8.42 Å². The number of nitrogens with two attached hydrogens (primary N) is 1. The zero-order valence-electron chi connectivity index (χ0n) is 13.6. The minimum Gasteiger partial charge on any atom is -0.330 e. The summed E-state index contributed by atoms with van der Waals surface area (Å²) in [6, 6.07) is 4.89. The van der Waals surface area contributed by atoms with Crippen molar-refractivity contribution in [2.45, 2.75) is 32.6 Å². The highest BCUT2D eigenvalue weighted by Crippen LogP contribution is 2.23. The number of sulfonamides is 1. The first kappa shape index (κ1) is 18.6. The molecule has 124 valence electrons. The van der Waals surface area contributed by atoms with Crippen LogP contribution < -0.4 is 11.1 Å². The fraction of sp³-hybridized carbons (Fsp3) is 0.533. The van der Waals surface area contributed by atoms with E-state index >= 15 is 0 Å². The van der Waals surface area contributed by atoms with Gasteiger partial charge in [0.1, 0.15) is 0 Å². The van der Waals surface area contributed by atoms with Gasteiger partial charge in [0, 0.05) is 31.2 Å². The lowest BCUT2D eigenvalue weighted by atomic mass is 10.1. The normalized spacial score (nSPS) is 13.2. The molecule has 0 fully saturated rings. The van der Waals surface area contributed by atoms with Gasteiger partial charge in [0.15, 0.2) is 0 Å². The summed E-state index contributed by atoms with van der Waals surface area (Å²) >= 11 is 0. The van der Waals surface area contributed by atoms with Crippen LogP contribution in [0.2, 0.25) is 0 Å². The average molecular weight is 327 g/mol. The molecule has 0 saturated carbocycles. The lowest BCUT2D eigenvalue weighted by Gasteiger charge is -2.20. The molecule has 1 unspecified atom stereocenters. The van der Waals surface area contributed by atoms with E-state index in [4.69, 9.17) is 5.73 Å². The van der Waals surface area contributed by atoms with E-state index in [1.54, 1.807) is 39.8 Å². The highest BCUT2D eigenvalue weighted by Gasteiger charge is 2.24. The zero-order valence-corrected chi connectivity index (χ0v) is 14.4. The molecule has 0 radical (unpaired) electrons. The van der Waals surface area contributed by atoms with Crippen LogP contribution in [0.4, 0.5) is 5.69 Å². The molecule has 0 saturated heterocycles. The second kappa shape index (κ2) is 7.71. The molecule has 1 aromatic rings. The Kier molecular flexibility index (Phi) is 6.52. The number of nitrogens with one attached hydrogen (secondary N) is 1. The molecule has 0 spiro atoms. The standard InChI is InChI=1S/C15H25N3O3S/c1-5-18(6-2)22(20,21)14-9-13(8-7-11(14)3)17-15(19)12(4)10-16/h7-9,12H,5-6,10,16H2,1-4H3,(H,17,19). The van der Waals surface area contributed by atoms with Gasteiger partial charge < -0.3 is 11.1 Å². The topological polar surface area (TPSA) is 92.5 Å². The van der Waals surface area contributed by atoms with Crippen LogP contribution in [0, 0.1) is 12.8 Å². The van der Waals surface area contributed by atoms with Gasteiger partial charge in [-0.15, -0.1) is 0 Å². The fourth-order valence-corrected chi connectivity index (χ4v) is 3.74. The van der Waals surface area contributed by atoms with Crippen LogP contribution in [-0.4, -0.2) is 38.3 Å². The first-order chi connectivity index (χ1) is 10.3. The van der Waals surface area contributed by atoms with Crippen LogP contribution in [-0.2, 0) is 14.8 Å². The SMILES string of the molecule is CCN(CC)S(=O)(=O)c1cc(NC(=O)C(C)CN)ccc1C. The molecule has 6 nitrogen and oxygen atoms in total. The Labute approximate surface area is 132 Å². The van der Waals surface area contributed by atoms with E-state index < -0.39 is 10.0 Å². The minimum atomic E-state index is -3.56. The molecule has 7 heteroatoms. The maximum Gasteiger partial charge on any atom is 0.243 e. The molecule has 0 heterocycles. The predicted molar refractivity (Wildman–Crippen MR) is 88.1 cm³/mol. The number of rotatable bonds is 7. The van der Waals surface area contributed by atoms with Crippen molar-refractivity contribution in [3.05, 3.63) is 23.8 Å². The highest BCUT2D eigenvalue weighted by molar-refractivity contribution is 7.89. The predicted octanol–water partition coefficient (Wildman–Crippen LogP) is 1.56. The molecule has 22 heavy (non-hydrogen) atoms. The van der Waals surface area contributed by atoms with E-state index in [1.807, 2.05) is 0 Å². The number of hydrogen-bond acceptors (Lipinski definition) is 4. The van der Waals surface area contributed by atoms with Crippen molar-refractivity contribution in [1.29, 1.82) is 0 Å². The van der Waals surface area contributed by atoms with E-state index in [2.05, 4.69) is 5.32 Å². The highest BCUT2D eigenvalue weighted by atomic mass is 32.2. The molecule has 0 bridgehead atoms. The molecule has 0 aliphatic rings. The summed E-state index contributed by atoms with van der Waals surface area (Å²) < 4.78 is 26.7.